The van der Waals surface area contributed by atoms with Crippen LogP contribution in [-0.2, 0) is 16.0 Å². The summed E-state index contributed by atoms with van der Waals surface area (Å²) in [7, 11) is 0. The molecule has 0 saturated heterocycles. The largest absolute Gasteiger partial charge is 0.350 e. The second-order valence-corrected chi connectivity index (χ2v) is 6.75. The molecule has 0 fully saturated rings. The molecule has 0 unspecified atom stereocenters. The van der Waals surface area contributed by atoms with Gasteiger partial charge in [0.25, 0.3) is 11.8 Å². The van der Waals surface area contributed by atoms with Crippen LogP contribution in [0.15, 0.2) is 90.6 Å². The number of benzene rings is 3. The monoisotopic (exact) mass is 386 g/mol. The van der Waals surface area contributed by atoms with Gasteiger partial charge in [0, 0.05) is 12.2 Å². The normalized spacial score (nSPS) is 13.9. The van der Waals surface area contributed by atoms with E-state index in [-0.39, 0.29) is 29.6 Å². The summed E-state index contributed by atoms with van der Waals surface area (Å²) in [5.41, 5.74) is 2.72. The Morgan fingerprint density at radius 1 is 0.759 bits per heavy atom. The third-order valence-corrected chi connectivity index (χ3v) is 4.81. The minimum Gasteiger partial charge on any atom is -0.350 e. The van der Waals surface area contributed by atoms with Gasteiger partial charge in [-0.3, -0.25) is 14.5 Å². The molecular weight excluding hydrogens is 367 g/mol. The van der Waals surface area contributed by atoms with Crippen LogP contribution in [-0.4, -0.2) is 23.3 Å². The van der Waals surface area contributed by atoms with Gasteiger partial charge in [-0.25, -0.2) is 4.39 Å². The Bertz CT molecular complexity index is 1060. The van der Waals surface area contributed by atoms with Crippen LogP contribution in [0.25, 0.3) is 5.57 Å². The third kappa shape index (κ3) is 3.94. The van der Waals surface area contributed by atoms with Crippen molar-refractivity contribution in [2.75, 3.05) is 11.9 Å². The summed E-state index contributed by atoms with van der Waals surface area (Å²) in [6, 6.07) is 24.5. The molecule has 3 aromatic carbocycles. The van der Waals surface area contributed by atoms with Crippen LogP contribution in [0, 0.1) is 5.82 Å². The van der Waals surface area contributed by atoms with Crippen molar-refractivity contribution >= 4 is 23.1 Å². The molecule has 0 bridgehead atoms. The first-order chi connectivity index (χ1) is 14.1. The Hall–Kier alpha value is -3.73. The van der Waals surface area contributed by atoms with E-state index < -0.39 is 5.82 Å². The van der Waals surface area contributed by atoms with Gasteiger partial charge in [-0.2, -0.15) is 0 Å². The van der Waals surface area contributed by atoms with E-state index in [1.54, 1.807) is 0 Å². The highest BCUT2D eigenvalue weighted by atomic mass is 19.1. The quantitative estimate of drug-likeness (QED) is 0.644. The van der Waals surface area contributed by atoms with Crippen molar-refractivity contribution in [1.82, 2.24) is 4.90 Å². The molecule has 1 aliphatic heterocycles. The van der Waals surface area contributed by atoms with Crippen LogP contribution < -0.4 is 5.32 Å². The van der Waals surface area contributed by atoms with Crippen molar-refractivity contribution in [2.45, 2.75) is 6.42 Å². The van der Waals surface area contributed by atoms with Crippen molar-refractivity contribution in [1.29, 1.82) is 0 Å². The lowest BCUT2D eigenvalue weighted by Crippen LogP contribution is -2.34. The number of hydrogen-bond donors (Lipinski definition) is 1. The Morgan fingerprint density at radius 3 is 2.03 bits per heavy atom. The van der Waals surface area contributed by atoms with E-state index in [0.29, 0.717) is 17.7 Å². The molecule has 0 spiro atoms. The zero-order valence-electron chi connectivity index (χ0n) is 15.6. The zero-order chi connectivity index (χ0) is 20.2. The Morgan fingerprint density at radius 2 is 1.38 bits per heavy atom. The fraction of sp³-hybridized carbons (Fsp3) is 0.0833. The Kier molecular flexibility index (Phi) is 5.20. The molecule has 0 aromatic heterocycles. The van der Waals surface area contributed by atoms with Crippen molar-refractivity contribution < 1.29 is 14.0 Å². The highest BCUT2D eigenvalue weighted by Gasteiger charge is 2.38. The lowest BCUT2D eigenvalue weighted by Gasteiger charge is -2.15. The predicted molar refractivity (Wildman–Crippen MR) is 110 cm³/mol. The van der Waals surface area contributed by atoms with E-state index in [0.717, 1.165) is 5.56 Å². The predicted octanol–water partition coefficient (Wildman–Crippen LogP) is 4.26. The maximum absolute atomic E-state index is 13.4. The first kappa shape index (κ1) is 18.6. The lowest BCUT2D eigenvalue weighted by atomic mass is 10.0. The van der Waals surface area contributed by atoms with Gasteiger partial charge in [0.15, 0.2) is 0 Å². The molecule has 0 atom stereocenters. The molecule has 1 aliphatic rings. The molecule has 4 nitrogen and oxygen atoms in total. The summed E-state index contributed by atoms with van der Waals surface area (Å²) in [4.78, 5) is 27.5. The summed E-state index contributed by atoms with van der Waals surface area (Å²) in [5, 5.41) is 3.09. The molecule has 3 aromatic rings. The number of carbonyl (C=O) groups excluding carboxylic acids is 2. The number of nitrogens with zero attached hydrogens (tertiary/aromatic N) is 1. The van der Waals surface area contributed by atoms with E-state index in [2.05, 4.69) is 5.32 Å². The van der Waals surface area contributed by atoms with Gasteiger partial charge < -0.3 is 5.32 Å². The maximum Gasteiger partial charge on any atom is 0.278 e. The highest BCUT2D eigenvalue weighted by molar-refractivity contribution is 6.36. The van der Waals surface area contributed by atoms with Gasteiger partial charge >= 0.3 is 0 Å². The summed E-state index contributed by atoms with van der Waals surface area (Å²) in [6.07, 6.45) is 0.563. The number of anilines is 1. The average Bonchev–Trinajstić information content (AvgIpc) is 2.98. The molecule has 0 radical (unpaired) electrons. The van der Waals surface area contributed by atoms with Crippen LogP contribution in [0.1, 0.15) is 11.1 Å². The second-order valence-electron chi connectivity index (χ2n) is 6.75. The molecule has 5 heteroatoms. The molecule has 1 N–H and O–H groups in total. The van der Waals surface area contributed by atoms with E-state index in [1.165, 1.54) is 29.2 Å². The number of halogens is 1. The topological polar surface area (TPSA) is 49.4 Å². The Balaban J connectivity index is 1.66. The van der Waals surface area contributed by atoms with Gasteiger partial charge in [-0.1, -0.05) is 60.7 Å². The average molecular weight is 386 g/mol. The smallest absolute Gasteiger partial charge is 0.278 e. The van der Waals surface area contributed by atoms with Crippen molar-refractivity contribution in [3.8, 4) is 0 Å². The standard InChI is InChI=1S/C24H19FN2O2/c25-19-13-11-18(12-14-19)21-22(26-20-9-5-2-6-10-20)24(29)27(23(21)28)16-15-17-7-3-1-4-8-17/h1-14,26H,15-16H2. The van der Waals surface area contributed by atoms with Crippen molar-refractivity contribution in [3.05, 3.63) is 108 Å². The fourth-order valence-corrected chi connectivity index (χ4v) is 3.33. The Labute approximate surface area is 168 Å². The number of nitrogens with one attached hydrogen (secondary N) is 1. The minimum absolute atomic E-state index is 0.209. The number of hydrogen-bond acceptors (Lipinski definition) is 3. The molecule has 2 amide bonds. The maximum atomic E-state index is 13.4. The third-order valence-electron chi connectivity index (χ3n) is 4.81. The van der Waals surface area contributed by atoms with Gasteiger partial charge in [-0.05, 0) is 41.8 Å². The van der Waals surface area contributed by atoms with Crippen LogP contribution in [0.4, 0.5) is 10.1 Å². The van der Waals surface area contributed by atoms with Crippen LogP contribution in [0.2, 0.25) is 0 Å². The number of imide groups is 1. The second kappa shape index (κ2) is 8.10. The van der Waals surface area contributed by atoms with Crippen LogP contribution in [0.3, 0.4) is 0 Å². The van der Waals surface area contributed by atoms with E-state index >= 15 is 0 Å². The number of carbonyl (C=O) groups is 2. The van der Waals surface area contributed by atoms with Crippen molar-refractivity contribution in [2.24, 2.45) is 0 Å². The van der Waals surface area contributed by atoms with Gasteiger partial charge in [0.05, 0.1) is 5.57 Å². The molecule has 29 heavy (non-hydrogen) atoms. The van der Waals surface area contributed by atoms with E-state index in [9.17, 15) is 14.0 Å². The lowest BCUT2D eigenvalue weighted by molar-refractivity contribution is -0.136. The van der Waals surface area contributed by atoms with Crippen LogP contribution >= 0.6 is 0 Å². The van der Waals surface area contributed by atoms with Gasteiger partial charge in [-0.15, -0.1) is 0 Å². The summed E-state index contributed by atoms with van der Waals surface area (Å²) < 4.78 is 13.4. The van der Waals surface area contributed by atoms with E-state index in [1.807, 2.05) is 60.7 Å². The van der Waals surface area contributed by atoms with Crippen LogP contribution in [0.5, 0.6) is 0 Å². The fourth-order valence-electron chi connectivity index (χ4n) is 3.33. The summed E-state index contributed by atoms with van der Waals surface area (Å²) in [5.74, 6) is -1.16. The summed E-state index contributed by atoms with van der Waals surface area (Å²) >= 11 is 0. The zero-order valence-corrected chi connectivity index (χ0v) is 15.6. The SMILES string of the molecule is O=C1C(Nc2ccccc2)=C(c2ccc(F)cc2)C(=O)N1CCc1ccccc1. The minimum atomic E-state index is -0.398. The van der Waals surface area contributed by atoms with E-state index in [4.69, 9.17) is 0 Å². The molecular formula is C24H19FN2O2. The number of amides is 2. The van der Waals surface area contributed by atoms with Crippen molar-refractivity contribution in [3.63, 3.8) is 0 Å². The summed E-state index contributed by atoms with van der Waals surface area (Å²) in [6.45, 7) is 0.270. The molecule has 144 valence electrons. The first-order valence-electron chi connectivity index (χ1n) is 9.36. The number of para-hydroxylation sites is 1. The molecule has 1 heterocycles. The van der Waals surface area contributed by atoms with Gasteiger partial charge in [0.1, 0.15) is 11.5 Å². The molecule has 0 aliphatic carbocycles. The first-order valence-corrected chi connectivity index (χ1v) is 9.36. The highest BCUT2D eigenvalue weighted by Crippen LogP contribution is 2.30. The van der Waals surface area contributed by atoms with Gasteiger partial charge in [0.2, 0.25) is 0 Å². The number of rotatable bonds is 6. The molecule has 4 rings (SSSR count). The molecule has 0 saturated carbocycles.